The number of carbonyl (C=O) groups excluding carboxylic acids is 1. The van der Waals surface area contributed by atoms with E-state index in [2.05, 4.69) is 25.5 Å². The summed E-state index contributed by atoms with van der Waals surface area (Å²) in [5.41, 5.74) is 0.410. The van der Waals surface area contributed by atoms with Crippen LogP contribution in [0.2, 0.25) is 0 Å². The van der Waals surface area contributed by atoms with E-state index in [-0.39, 0.29) is 17.0 Å². The van der Waals surface area contributed by atoms with Gasteiger partial charge in [0.1, 0.15) is 11.4 Å². The summed E-state index contributed by atoms with van der Waals surface area (Å²) in [6.45, 7) is 1.98. The van der Waals surface area contributed by atoms with Crippen LogP contribution in [-0.4, -0.2) is 50.9 Å². The summed E-state index contributed by atoms with van der Waals surface area (Å²) in [5.74, 6) is 1.01. The fourth-order valence-corrected chi connectivity index (χ4v) is 6.00. The Hall–Kier alpha value is -2.36. The van der Waals surface area contributed by atoms with E-state index in [1.165, 1.54) is 49.5 Å². The minimum absolute atomic E-state index is 0.0207. The number of aromatic nitrogens is 5. The molecule has 0 radical (unpaired) electrons. The molecular formula is C18H24N6O3S. The minimum Gasteiger partial charge on any atom is -0.352 e. The first kappa shape index (κ1) is 19.0. The Morgan fingerprint density at radius 3 is 2.75 bits per heavy atom. The van der Waals surface area contributed by atoms with E-state index >= 15 is 0 Å². The first-order valence-corrected chi connectivity index (χ1v) is 11.2. The summed E-state index contributed by atoms with van der Waals surface area (Å²) in [4.78, 5) is 20.5. The quantitative estimate of drug-likeness (QED) is 0.762. The number of rotatable bonds is 6. The number of carbonyl (C=O) groups is 1. The molecule has 2 aliphatic rings. The average molecular weight is 404 g/mol. The van der Waals surface area contributed by atoms with Crippen LogP contribution in [0.1, 0.15) is 32.6 Å². The molecule has 28 heavy (non-hydrogen) atoms. The molecule has 1 amide bonds. The van der Waals surface area contributed by atoms with Crippen molar-refractivity contribution in [3.63, 3.8) is 0 Å². The number of hydrogen-bond donors (Lipinski definition) is 1. The molecule has 2 heterocycles. The molecule has 2 fully saturated rings. The second-order valence-corrected chi connectivity index (χ2v) is 9.79. The molecule has 150 valence electrons. The highest BCUT2D eigenvalue weighted by atomic mass is 32.2. The van der Waals surface area contributed by atoms with Crippen molar-refractivity contribution < 1.29 is 13.2 Å². The maximum atomic E-state index is 12.7. The number of sulfone groups is 1. The molecular weight excluding hydrogens is 380 g/mol. The predicted molar refractivity (Wildman–Crippen MR) is 101 cm³/mol. The maximum absolute atomic E-state index is 12.7. The SMILES string of the molecule is C[C@@H](NC(=O)CS(=O)(=O)c1nnc(-c2cnccn2)n1C)[C@H]1C[C@H]2CC[C@H]1C2. The van der Waals surface area contributed by atoms with Crippen molar-refractivity contribution in [2.45, 2.75) is 43.8 Å². The van der Waals surface area contributed by atoms with Crippen molar-refractivity contribution in [1.82, 2.24) is 30.0 Å². The second kappa shape index (κ2) is 7.23. The molecule has 2 aromatic rings. The van der Waals surface area contributed by atoms with E-state index < -0.39 is 21.5 Å². The zero-order valence-electron chi connectivity index (χ0n) is 15.9. The van der Waals surface area contributed by atoms with Crippen molar-refractivity contribution in [2.75, 3.05) is 5.75 Å². The highest BCUT2D eigenvalue weighted by Gasteiger charge is 2.42. The van der Waals surface area contributed by atoms with Gasteiger partial charge in [0.25, 0.3) is 0 Å². The summed E-state index contributed by atoms with van der Waals surface area (Å²) < 4.78 is 26.8. The van der Waals surface area contributed by atoms with Crippen LogP contribution in [0.5, 0.6) is 0 Å². The van der Waals surface area contributed by atoms with Crippen LogP contribution >= 0.6 is 0 Å². The van der Waals surface area contributed by atoms with Gasteiger partial charge in [0.15, 0.2) is 5.82 Å². The molecule has 0 saturated heterocycles. The molecule has 4 rings (SSSR count). The number of nitrogens with zero attached hydrogens (tertiary/aromatic N) is 5. The molecule has 0 spiro atoms. The fourth-order valence-electron chi connectivity index (χ4n) is 4.77. The van der Waals surface area contributed by atoms with Crippen molar-refractivity contribution in [2.24, 2.45) is 24.8 Å². The lowest BCUT2D eigenvalue weighted by molar-refractivity contribution is -0.119. The maximum Gasteiger partial charge on any atom is 0.250 e. The standard InChI is InChI=1S/C18H24N6O3S/c1-11(14-8-12-3-4-13(14)7-12)21-16(25)10-28(26,27)18-23-22-17(24(18)2)15-9-19-5-6-20-15/h5-6,9,11-14H,3-4,7-8,10H2,1-2H3,(H,21,25)/t11-,12+,13+,14-/m1/s1. The van der Waals surface area contributed by atoms with Crippen LogP contribution in [0.3, 0.4) is 0 Å². The van der Waals surface area contributed by atoms with Gasteiger partial charge in [-0.05, 0) is 43.9 Å². The van der Waals surface area contributed by atoms with Crippen LogP contribution in [0.25, 0.3) is 11.5 Å². The van der Waals surface area contributed by atoms with E-state index in [0.717, 1.165) is 12.3 Å². The molecule has 0 aromatic carbocycles. The van der Waals surface area contributed by atoms with Crippen LogP contribution in [0.15, 0.2) is 23.7 Å². The van der Waals surface area contributed by atoms with Gasteiger partial charge in [-0.3, -0.25) is 14.3 Å². The Kier molecular flexibility index (Phi) is 4.90. The molecule has 9 nitrogen and oxygen atoms in total. The average Bonchev–Trinajstić information content (AvgIpc) is 3.37. The molecule has 2 aromatic heterocycles. The molecule has 2 saturated carbocycles. The Morgan fingerprint density at radius 2 is 2.11 bits per heavy atom. The Balaban J connectivity index is 1.44. The number of fused-ring (bicyclic) bond motifs is 2. The van der Waals surface area contributed by atoms with E-state index in [9.17, 15) is 13.2 Å². The van der Waals surface area contributed by atoms with Gasteiger partial charge in [0, 0.05) is 25.5 Å². The highest BCUT2D eigenvalue weighted by molar-refractivity contribution is 7.91. The van der Waals surface area contributed by atoms with Crippen LogP contribution in [-0.2, 0) is 21.7 Å². The van der Waals surface area contributed by atoms with Crippen LogP contribution in [0, 0.1) is 17.8 Å². The Bertz CT molecular complexity index is 974. The molecule has 2 bridgehead atoms. The lowest BCUT2D eigenvalue weighted by Gasteiger charge is -2.28. The molecule has 10 heteroatoms. The molecule has 1 N–H and O–H groups in total. The van der Waals surface area contributed by atoms with E-state index in [4.69, 9.17) is 0 Å². The van der Waals surface area contributed by atoms with Gasteiger partial charge in [0.05, 0.1) is 6.20 Å². The summed E-state index contributed by atoms with van der Waals surface area (Å²) in [5, 5.41) is 10.3. The molecule has 0 unspecified atom stereocenters. The minimum atomic E-state index is -3.93. The number of amides is 1. The van der Waals surface area contributed by atoms with E-state index in [0.29, 0.717) is 17.5 Å². The third-order valence-electron chi connectivity index (χ3n) is 6.05. The first-order valence-electron chi connectivity index (χ1n) is 9.53. The van der Waals surface area contributed by atoms with Gasteiger partial charge in [-0.15, -0.1) is 10.2 Å². The lowest BCUT2D eigenvalue weighted by atomic mass is 9.84. The summed E-state index contributed by atoms with van der Waals surface area (Å²) >= 11 is 0. The van der Waals surface area contributed by atoms with Gasteiger partial charge in [0.2, 0.25) is 20.9 Å². The van der Waals surface area contributed by atoms with Gasteiger partial charge in [-0.25, -0.2) is 13.4 Å². The topological polar surface area (TPSA) is 120 Å². The first-order chi connectivity index (χ1) is 13.3. The molecule has 0 aliphatic heterocycles. The molecule has 4 atom stereocenters. The Morgan fingerprint density at radius 1 is 1.29 bits per heavy atom. The summed E-state index contributed by atoms with van der Waals surface area (Å²) in [7, 11) is -2.39. The normalized spacial score (nSPS) is 25.0. The van der Waals surface area contributed by atoms with E-state index in [1.54, 1.807) is 0 Å². The highest BCUT2D eigenvalue weighted by Crippen LogP contribution is 2.49. The smallest absolute Gasteiger partial charge is 0.250 e. The largest absolute Gasteiger partial charge is 0.352 e. The summed E-state index contributed by atoms with van der Waals surface area (Å²) in [6.07, 6.45) is 9.36. The number of nitrogens with one attached hydrogen (secondary N) is 1. The zero-order chi connectivity index (χ0) is 19.9. The van der Waals surface area contributed by atoms with Crippen molar-refractivity contribution in [3.05, 3.63) is 18.6 Å². The van der Waals surface area contributed by atoms with Crippen LogP contribution < -0.4 is 5.32 Å². The predicted octanol–water partition coefficient (Wildman–Crippen LogP) is 0.987. The van der Waals surface area contributed by atoms with Gasteiger partial charge < -0.3 is 5.32 Å². The van der Waals surface area contributed by atoms with Gasteiger partial charge in [-0.2, -0.15) is 0 Å². The van der Waals surface area contributed by atoms with Crippen molar-refractivity contribution in [1.29, 1.82) is 0 Å². The van der Waals surface area contributed by atoms with Crippen LogP contribution in [0.4, 0.5) is 0 Å². The van der Waals surface area contributed by atoms with Crippen molar-refractivity contribution in [3.8, 4) is 11.5 Å². The summed E-state index contributed by atoms with van der Waals surface area (Å²) in [6, 6.07) is -0.0207. The number of hydrogen-bond acceptors (Lipinski definition) is 7. The Labute approximate surface area is 163 Å². The third-order valence-corrected chi connectivity index (χ3v) is 7.60. The van der Waals surface area contributed by atoms with Crippen molar-refractivity contribution >= 4 is 15.7 Å². The van der Waals surface area contributed by atoms with E-state index in [1.807, 2.05) is 6.92 Å². The fraction of sp³-hybridized carbons (Fsp3) is 0.611. The van der Waals surface area contributed by atoms with Gasteiger partial charge in [-0.1, -0.05) is 6.42 Å². The monoisotopic (exact) mass is 404 g/mol. The lowest BCUT2D eigenvalue weighted by Crippen LogP contribution is -2.42. The second-order valence-electron chi connectivity index (χ2n) is 7.91. The molecule has 2 aliphatic carbocycles. The zero-order valence-corrected chi connectivity index (χ0v) is 16.8. The van der Waals surface area contributed by atoms with Gasteiger partial charge >= 0.3 is 0 Å². The third kappa shape index (κ3) is 3.52.